The summed E-state index contributed by atoms with van der Waals surface area (Å²) in [5.74, 6) is -6.87. The van der Waals surface area contributed by atoms with Crippen molar-refractivity contribution >= 4 is 35.3 Å². The topological polar surface area (TPSA) is 117 Å². The predicted molar refractivity (Wildman–Crippen MR) is 358 cm³/mol. The fourth-order valence-electron chi connectivity index (χ4n) is 8.77. The molecule has 0 radical (unpaired) electrons. The Hall–Kier alpha value is -7.92. The molecular weight excluding hydrogens is 1270 g/mol. The van der Waals surface area contributed by atoms with E-state index < -0.39 is 291 Å². The van der Waals surface area contributed by atoms with E-state index in [-0.39, 0.29) is 64.3 Å². The van der Waals surface area contributed by atoms with Crippen LogP contribution in [-0.4, -0.2) is 103 Å². The summed E-state index contributed by atoms with van der Waals surface area (Å²) in [6.07, 6.45) is -21.3. The first-order valence-corrected chi connectivity index (χ1v) is 29.9. The number of benzene rings is 6. The third kappa shape index (κ3) is 19.0. The Morgan fingerprint density at radius 1 is 0.568 bits per heavy atom. The van der Waals surface area contributed by atoms with Crippen molar-refractivity contribution in [1.82, 2.24) is 38.7 Å². The molecule has 0 atom stereocenters. The van der Waals surface area contributed by atoms with E-state index in [1.54, 1.807) is 0 Å². The van der Waals surface area contributed by atoms with Crippen molar-refractivity contribution in [1.29, 1.82) is 0 Å². The van der Waals surface area contributed by atoms with E-state index in [0.29, 0.717) is 33.9 Å². The number of likely N-dealkylation sites (N-methyl/N-ethyl adjacent to an activating group) is 2. The van der Waals surface area contributed by atoms with Gasteiger partial charge < -0.3 is 28.7 Å². The van der Waals surface area contributed by atoms with Gasteiger partial charge in [0.2, 0.25) is 11.8 Å². The fraction of sp³-hybridized carbons (Fsp3) is 0.370. The van der Waals surface area contributed by atoms with E-state index in [4.69, 9.17) is 39.8 Å². The van der Waals surface area contributed by atoms with Crippen molar-refractivity contribution in [3.05, 3.63) is 233 Å². The lowest BCUT2D eigenvalue weighted by Gasteiger charge is -2.28. The number of thioether (sulfide) groups is 2. The third-order valence-corrected chi connectivity index (χ3v) is 15.1. The van der Waals surface area contributed by atoms with Crippen LogP contribution in [0.1, 0.15) is 153 Å². The van der Waals surface area contributed by atoms with Crippen molar-refractivity contribution in [2.45, 2.75) is 133 Å². The number of alkyl halides is 6. The molecule has 0 unspecified atom stereocenters. The average Bonchev–Trinajstić information content (AvgIpc) is 1.51. The number of amides is 2. The number of carbonyl (C=O) groups is 2. The van der Waals surface area contributed by atoms with E-state index in [0.717, 1.165) is 67.3 Å². The maximum absolute atomic E-state index is 15.3. The van der Waals surface area contributed by atoms with Crippen molar-refractivity contribution < 1.29 is 95.4 Å². The Morgan fingerprint density at radius 2 is 1.12 bits per heavy atom. The zero-order valence-electron chi connectivity index (χ0n) is 87.4. The van der Waals surface area contributed by atoms with Gasteiger partial charge in [-0.25, -0.2) is 8.78 Å². The minimum absolute atomic E-state index is 0.00152. The molecule has 6 aromatic carbocycles. The van der Waals surface area contributed by atoms with Crippen LogP contribution < -0.4 is 11.1 Å². The molecule has 0 fully saturated rings. The molecule has 8 aromatic rings. The average molecular weight is 1380 g/mol. The quantitative estimate of drug-likeness (QED) is 0.0295. The zero-order chi connectivity index (χ0) is 101. The highest BCUT2D eigenvalue weighted by Gasteiger charge is 2.33. The molecule has 2 aromatic heterocycles. The summed E-state index contributed by atoms with van der Waals surface area (Å²) in [6, 6.07) is -2.88. The summed E-state index contributed by atoms with van der Waals surface area (Å²) in [7, 11) is 0. The van der Waals surface area contributed by atoms with E-state index in [2.05, 4.69) is 9.97 Å². The highest BCUT2D eigenvalue weighted by atomic mass is 32.2. The van der Waals surface area contributed by atoms with Crippen molar-refractivity contribution in [2.75, 3.05) is 52.2 Å². The Morgan fingerprint density at radius 3 is 1.72 bits per heavy atom. The van der Waals surface area contributed by atoms with Gasteiger partial charge in [-0.15, -0.1) is 0 Å². The van der Waals surface area contributed by atoms with Gasteiger partial charge in [0.05, 0.1) is 39.9 Å². The first-order chi connectivity index (χ1) is 59.8. The number of hydrogen-bond acceptors (Lipinski definition) is 10. The summed E-state index contributed by atoms with van der Waals surface area (Å²) in [5, 5.41) is -2.29. The molecule has 0 bridgehead atoms. The van der Waals surface area contributed by atoms with Gasteiger partial charge in [0.1, 0.15) is 24.6 Å². The zero-order valence-corrected chi connectivity index (χ0v) is 52.1. The normalized spacial score (nSPS) is 21.6. The molecule has 502 valence electrons. The lowest BCUT2D eigenvalue weighted by molar-refractivity contribution is -0.138. The van der Waals surface area contributed by atoms with Gasteiger partial charge in [-0.1, -0.05) is 148 Å². The maximum Gasteiger partial charge on any atom is 0.416 e. The van der Waals surface area contributed by atoms with Crippen LogP contribution in [0.2, 0.25) is 0 Å². The summed E-state index contributed by atoms with van der Waals surface area (Å²) >= 11 is -0.407. The van der Waals surface area contributed by atoms with Crippen LogP contribution in [0.4, 0.5) is 35.1 Å². The van der Waals surface area contributed by atoms with Crippen LogP contribution in [0.15, 0.2) is 159 Å². The maximum atomic E-state index is 15.3. The Balaban J connectivity index is 0.000000308. The highest BCUT2D eigenvalue weighted by Crippen LogP contribution is 2.36. The molecule has 0 saturated carbocycles. The number of aromatic nitrogens is 4. The lowest BCUT2D eigenvalue weighted by Crippen LogP contribution is -2.40. The van der Waals surface area contributed by atoms with E-state index >= 15 is 4.79 Å². The van der Waals surface area contributed by atoms with Crippen LogP contribution in [-0.2, 0) is 84.9 Å². The summed E-state index contributed by atoms with van der Waals surface area (Å²) in [4.78, 5) is 65.4. The molecule has 10 rings (SSSR count). The van der Waals surface area contributed by atoms with Crippen molar-refractivity contribution in [3.63, 3.8) is 0 Å². The number of hydrogen-bond donors (Lipinski definition) is 0. The van der Waals surface area contributed by atoms with Gasteiger partial charge in [-0.2, -0.15) is 36.3 Å². The van der Waals surface area contributed by atoms with Crippen LogP contribution in [0, 0.1) is 18.6 Å². The molecule has 0 spiro atoms. The van der Waals surface area contributed by atoms with E-state index in [9.17, 15) is 60.5 Å². The minimum atomic E-state index is -5.32. The SMILES string of the molecule is [2H]C([2H])(Sc1nc(=O)c2c(n1C([2H])([2H])C(=O)N(C([2H])([2H])c1ccc(-c3ccc(C(F)(F)F)cc3)cc1)C([2H])([2H])C([2H])([2H])N(CC)CC)CCC2)c1ccc(F)cc1.[2H]c1c([2H])c(C([2H])([2H])Sc2nc(=O)c3c(n2C([2H])([2H])C(=O)N(CCN(C([2H])([2H])C)C([2H])([2H])C)C([2H])([2H])c2c([2H])c([2H])c(-c4c([2H])c([2H])c(C(F)(F)F)c(C)c4[2H])c([2H])c2[2H])C([2H])([2H])C([2H])([2H])C3([2H])[2H])c([2H])c([2H])c1F. The first kappa shape index (κ1) is 37.0. The summed E-state index contributed by atoms with van der Waals surface area (Å²) in [5.41, 5.74) is -21.2. The Bertz CT molecular complexity index is 5900. The molecule has 95 heavy (non-hydrogen) atoms. The van der Waals surface area contributed by atoms with Gasteiger partial charge in [-0.05, 0) is 164 Å². The number of nitrogens with zero attached hydrogens (tertiary/aromatic N) is 8. The lowest BCUT2D eigenvalue weighted by atomic mass is 9.98. The van der Waals surface area contributed by atoms with Gasteiger partial charge in [0, 0.05) is 94.9 Å². The summed E-state index contributed by atoms with van der Waals surface area (Å²) in [6.45, 7) is -25.6. The molecule has 2 heterocycles. The van der Waals surface area contributed by atoms with Gasteiger partial charge in [-0.3, -0.25) is 19.2 Å². The monoisotopic (exact) mass is 1380 g/mol. The Kier molecular flexibility index (Phi) is 12.7. The molecule has 22 heteroatoms. The van der Waals surface area contributed by atoms with Crippen LogP contribution in [0.5, 0.6) is 0 Å². The molecule has 12 nitrogen and oxygen atoms in total. The molecular formula is C73H78F8N8O4S2. The standard InChI is InChI=1S/C37H40F4N4O2S.C36H38F4N4O2S/c1-4-43(5-2)19-20-44(22-26-9-13-28(14-10-26)29-15-18-32(25(3)21-29)37(39,40)41)34(46)23-45-33-8-6-7-31(33)35(47)42-36(45)48-24-27-11-16-30(38)17-12-27;1-3-42(4-2)20-21-43(22-25-8-12-27(13-9-25)28-14-16-29(17-15-28)36(38,39)40)33(45)23-44-32-7-5-6-31(32)34(46)41-35(44)47-24-26-10-18-30(37)19-11-26/h9-18,21H,4-8,19-20,22-24H2,1-3H3;8-19H,3-7,20-24H2,1-2H3/i4D2,5D2,6D2,7D2,8D2,9D,10D,11D,12D,13D,14D,15D,16D,17D,18D,21D,22D2,23D2,24D2;20D2,21D2,22D2,23D2,24D2. The first-order valence-electron chi connectivity index (χ1n) is 46.8. The van der Waals surface area contributed by atoms with Gasteiger partial charge in [0.25, 0.3) is 11.1 Å². The molecule has 2 aliphatic rings. The largest absolute Gasteiger partial charge is 0.416 e. The molecule has 2 amide bonds. The van der Waals surface area contributed by atoms with Crippen LogP contribution in [0.25, 0.3) is 22.3 Å². The smallest absolute Gasteiger partial charge is 0.336 e. The number of halogens is 8. The van der Waals surface area contributed by atoms with E-state index in [1.165, 1.54) is 38.1 Å². The number of rotatable bonds is 26. The molecule has 0 aliphatic heterocycles. The molecule has 0 N–H and O–H groups in total. The highest BCUT2D eigenvalue weighted by molar-refractivity contribution is 7.98. The van der Waals surface area contributed by atoms with Crippen molar-refractivity contribution in [3.8, 4) is 22.3 Å². The predicted octanol–water partition coefficient (Wildman–Crippen LogP) is 14.7. The second kappa shape index (κ2) is 32.7. The molecule has 0 saturated heterocycles. The number of fused-ring (bicyclic) bond motifs is 2. The Labute approximate surface area is 609 Å². The van der Waals surface area contributed by atoms with Crippen molar-refractivity contribution in [2.24, 2.45) is 0 Å². The minimum Gasteiger partial charge on any atom is -0.336 e. The second-order valence-corrected chi connectivity index (χ2v) is 21.3. The third-order valence-electron chi connectivity index (χ3n) is 13.6. The van der Waals surface area contributed by atoms with Crippen LogP contribution in [0.3, 0.4) is 0 Å². The number of carbonyl (C=O) groups excluding carboxylic acids is 2. The fourth-order valence-corrected chi connectivity index (χ4v) is 10.1. The van der Waals surface area contributed by atoms with E-state index in [1.807, 2.05) is 0 Å². The van der Waals surface area contributed by atoms with Gasteiger partial charge in [0.15, 0.2) is 10.3 Å². The summed E-state index contributed by atoms with van der Waals surface area (Å²) < 4.78 is 434. The van der Waals surface area contributed by atoms with Crippen LogP contribution >= 0.6 is 23.5 Å². The molecule has 2 aliphatic carbocycles. The van der Waals surface area contributed by atoms with Gasteiger partial charge >= 0.3 is 12.4 Å². The second-order valence-electron chi connectivity index (χ2n) is 19.7.